The van der Waals surface area contributed by atoms with Gasteiger partial charge in [-0.3, -0.25) is 4.79 Å². The Hall–Kier alpha value is -4.21. The Morgan fingerprint density at radius 2 is 1.50 bits per heavy atom. The molecule has 1 N–H and O–H groups in total. The highest BCUT2D eigenvalue weighted by molar-refractivity contribution is 6.03. The van der Waals surface area contributed by atoms with Crippen molar-refractivity contribution in [1.82, 2.24) is 15.0 Å². The molecule has 0 radical (unpaired) electrons. The van der Waals surface area contributed by atoms with Gasteiger partial charge in [0.1, 0.15) is 17.3 Å². The third-order valence-corrected chi connectivity index (χ3v) is 4.32. The van der Waals surface area contributed by atoms with Crippen LogP contribution in [0.15, 0.2) is 78.9 Å². The molecule has 10 heteroatoms. The largest absolute Gasteiger partial charge is 0.457 e. The number of hydrogen-bond donors (Lipinski definition) is 1. The van der Waals surface area contributed by atoms with Crippen molar-refractivity contribution in [3.05, 3.63) is 96.1 Å². The molecule has 0 aliphatic carbocycles. The summed E-state index contributed by atoms with van der Waals surface area (Å²) >= 11 is 0. The molecular weight excluding hydrogens is 428 g/mol. The summed E-state index contributed by atoms with van der Waals surface area (Å²) in [5, 5.41) is 9.23. The van der Waals surface area contributed by atoms with Crippen molar-refractivity contribution in [2.45, 2.75) is 6.18 Å². The molecule has 3 aromatic carbocycles. The zero-order chi connectivity index (χ0) is 22.7. The first-order valence-corrected chi connectivity index (χ1v) is 9.24. The summed E-state index contributed by atoms with van der Waals surface area (Å²) in [6.07, 6.45) is -4.93. The number of nitrogens with zero attached hydrogens (tertiary/aromatic N) is 3. The standard InChI is InChI=1S/C22H14F4N4O2/c23-14-6-10-16(11-7-14)30-20(22(24,25)26)19(28-29-30)21(31)27-15-8-12-18(13-9-15)32-17-4-2-1-3-5-17/h1-13H,(H,27,31). The SMILES string of the molecule is O=C(Nc1ccc(Oc2ccccc2)cc1)c1nnn(-c2ccc(F)cc2)c1C(F)(F)F. The van der Waals surface area contributed by atoms with E-state index < -0.39 is 29.3 Å². The van der Waals surface area contributed by atoms with Crippen LogP contribution in [0.25, 0.3) is 5.69 Å². The Bertz CT molecular complexity index is 1220. The van der Waals surface area contributed by atoms with Crippen LogP contribution in [-0.4, -0.2) is 20.9 Å². The van der Waals surface area contributed by atoms with Crippen molar-refractivity contribution in [2.24, 2.45) is 0 Å². The first-order chi connectivity index (χ1) is 15.3. The van der Waals surface area contributed by atoms with Gasteiger partial charge in [0.2, 0.25) is 0 Å². The Kier molecular flexibility index (Phi) is 5.59. The molecule has 0 aliphatic rings. The Morgan fingerprint density at radius 1 is 0.875 bits per heavy atom. The van der Waals surface area contributed by atoms with Gasteiger partial charge >= 0.3 is 6.18 Å². The first kappa shape index (κ1) is 21.0. The highest BCUT2D eigenvalue weighted by Gasteiger charge is 2.42. The highest BCUT2D eigenvalue weighted by Crippen LogP contribution is 2.33. The number of anilines is 1. The number of carbonyl (C=O) groups excluding carboxylic acids is 1. The molecule has 0 aliphatic heterocycles. The van der Waals surface area contributed by atoms with Crippen molar-refractivity contribution in [3.63, 3.8) is 0 Å². The van der Waals surface area contributed by atoms with Gasteiger partial charge in [-0.05, 0) is 60.7 Å². The molecule has 1 aromatic heterocycles. The van der Waals surface area contributed by atoms with E-state index in [2.05, 4.69) is 15.6 Å². The molecule has 6 nitrogen and oxygen atoms in total. The third-order valence-electron chi connectivity index (χ3n) is 4.32. The van der Waals surface area contributed by atoms with E-state index in [0.29, 0.717) is 16.2 Å². The lowest BCUT2D eigenvalue weighted by Crippen LogP contribution is -2.21. The van der Waals surface area contributed by atoms with E-state index in [4.69, 9.17) is 4.74 Å². The molecule has 1 amide bonds. The normalized spacial score (nSPS) is 11.2. The van der Waals surface area contributed by atoms with Crippen molar-refractivity contribution in [2.75, 3.05) is 5.32 Å². The second-order valence-corrected chi connectivity index (χ2v) is 6.57. The van der Waals surface area contributed by atoms with Gasteiger partial charge in [0.05, 0.1) is 5.69 Å². The van der Waals surface area contributed by atoms with Crippen LogP contribution in [0.2, 0.25) is 0 Å². The van der Waals surface area contributed by atoms with Gasteiger partial charge < -0.3 is 10.1 Å². The molecule has 0 unspecified atom stereocenters. The fourth-order valence-electron chi connectivity index (χ4n) is 2.87. The quantitative estimate of drug-likeness (QED) is 0.416. The van der Waals surface area contributed by atoms with Gasteiger partial charge in [0, 0.05) is 5.69 Å². The predicted octanol–water partition coefficient (Wildman–Crippen LogP) is 5.47. The monoisotopic (exact) mass is 442 g/mol. The number of carbonyl (C=O) groups is 1. The van der Waals surface area contributed by atoms with Crippen molar-refractivity contribution in [1.29, 1.82) is 0 Å². The lowest BCUT2D eigenvalue weighted by molar-refractivity contribution is -0.143. The van der Waals surface area contributed by atoms with Crippen molar-refractivity contribution in [3.8, 4) is 17.2 Å². The smallest absolute Gasteiger partial charge is 0.435 e. The van der Waals surface area contributed by atoms with Crippen LogP contribution in [0.3, 0.4) is 0 Å². The van der Waals surface area contributed by atoms with Crippen molar-refractivity contribution >= 4 is 11.6 Å². The van der Waals surface area contributed by atoms with Gasteiger partial charge in [-0.1, -0.05) is 23.4 Å². The molecule has 32 heavy (non-hydrogen) atoms. The van der Waals surface area contributed by atoms with Gasteiger partial charge in [-0.25, -0.2) is 9.07 Å². The average molecular weight is 442 g/mol. The minimum atomic E-state index is -4.93. The molecule has 0 atom stereocenters. The maximum absolute atomic E-state index is 13.7. The van der Waals surface area contributed by atoms with E-state index in [-0.39, 0.29) is 11.4 Å². The second kappa shape index (κ2) is 8.50. The minimum Gasteiger partial charge on any atom is -0.457 e. The number of halogens is 4. The van der Waals surface area contributed by atoms with Crippen molar-refractivity contribution < 1.29 is 27.1 Å². The predicted molar refractivity (Wildman–Crippen MR) is 107 cm³/mol. The number of para-hydroxylation sites is 1. The van der Waals surface area contributed by atoms with E-state index in [1.165, 1.54) is 12.1 Å². The van der Waals surface area contributed by atoms with E-state index in [9.17, 15) is 22.4 Å². The summed E-state index contributed by atoms with van der Waals surface area (Å²) in [5.41, 5.74) is -2.13. The minimum absolute atomic E-state index is 0.0901. The fraction of sp³-hybridized carbons (Fsp3) is 0.0455. The Labute approximate surface area is 179 Å². The number of alkyl halides is 3. The lowest BCUT2D eigenvalue weighted by Gasteiger charge is -2.11. The number of rotatable bonds is 5. The number of aromatic nitrogens is 3. The van der Waals surface area contributed by atoms with Crippen LogP contribution in [0.1, 0.15) is 16.2 Å². The van der Waals surface area contributed by atoms with Crippen LogP contribution in [0.4, 0.5) is 23.2 Å². The zero-order valence-corrected chi connectivity index (χ0v) is 16.2. The summed E-state index contributed by atoms with van der Waals surface area (Å²) in [5.74, 6) is -0.633. The van der Waals surface area contributed by atoms with Crippen LogP contribution in [0, 0.1) is 5.82 Å². The van der Waals surface area contributed by atoms with E-state index in [1.807, 2.05) is 6.07 Å². The van der Waals surface area contributed by atoms with E-state index >= 15 is 0 Å². The van der Waals surface area contributed by atoms with Crippen LogP contribution in [-0.2, 0) is 6.18 Å². The van der Waals surface area contributed by atoms with Gasteiger partial charge in [-0.2, -0.15) is 13.2 Å². The maximum atomic E-state index is 13.7. The second-order valence-electron chi connectivity index (χ2n) is 6.57. The molecule has 1 heterocycles. The van der Waals surface area contributed by atoms with Crippen LogP contribution >= 0.6 is 0 Å². The van der Waals surface area contributed by atoms with Gasteiger partial charge in [0.25, 0.3) is 5.91 Å². The summed E-state index contributed by atoms with van der Waals surface area (Å²) in [7, 11) is 0. The highest BCUT2D eigenvalue weighted by atomic mass is 19.4. The number of ether oxygens (including phenoxy) is 1. The molecular formula is C22H14F4N4O2. The Balaban J connectivity index is 1.56. The lowest BCUT2D eigenvalue weighted by atomic mass is 10.2. The molecule has 0 saturated carbocycles. The summed E-state index contributed by atoms with van der Waals surface area (Å²) in [4.78, 5) is 12.5. The van der Waals surface area contributed by atoms with E-state index in [1.54, 1.807) is 36.4 Å². The number of amides is 1. The molecule has 162 valence electrons. The topological polar surface area (TPSA) is 69.0 Å². The maximum Gasteiger partial charge on any atom is 0.435 e. The Morgan fingerprint density at radius 3 is 2.12 bits per heavy atom. The molecule has 0 fully saturated rings. The molecule has 4 rings (SSSR count). The van der Waals surface area contributed by atoms with Crippen LogP contribution in [0.5, 0.6) is 11.5 Å². The molecule has 4 aromatic rings. The summed E-state index contributed by atoms with van der Waals surface area (Å²) in [6, 6.07) is 19.2. The van der Waals surface area contributed by atoms with Crippen LogP contribution < -0.4 is 10.1 Å². The summed E-state index contributed by atoms with van der Waals surface area (Å²) in [6.45, 7) is 0. The molecule has 0 spiro atoms. The zero-order valence-electron chi connectivity index (χ0n) is 16.2. The number of hydrogen-bond acceptors (Lipinski definition) is 4. The average Bonchev–Trinajstić information content (AvgIpc) is 3.22. The fourth-order valence-corrected chi connectivity index (χ4v) is 2.87. The first-order valence-electron chi connectivity index (χ1n) is 9.24. The van der Waals surface area contributed by atoms with E-state index in [0.717, 1.165) is 24.3 Å². The van der Waals surface area contributed by atoms with Gasteiger partial charge in [0.15, 0.2) is 11.4 Å². The summed E-state index contributed by atoms with van der Waals surface area (Å²) < 4.78 is 60.3. The number of nitrogens with one attached hydrogen (secondary N) is 1. The molecule has 0 saturated heterocycles. The number of benzene rings is 3. The third kappa shape index (κ3) is 4.59. The molecule has 0 bridgehead atoms. The van der Waals surface area contributed by atoms with Gasteiger partial charge in [-0.15, -0.1) is 5.10 Å².